The van der Waals surface area contributed by atoms with Crippen molar-refractivity contribution in [1.29, 1.82) is 0 Å². The number of rotatable bonds is 6. The number of amidine groups is 1. The Kier molecular flexibility index (Phi) is 6.83. The third kappa shape index (κ3) is 5.56. The summed E-state index contributed by atoms with van der Waals surface area (Å²) in [5.74, 6) is 5.84. The Morgan fingerprint density at radius 2 is 2.39 bits per heavy atom. The van der Waals surface area contributed by atoms with E-state index in [1.165, 1.54) is 0 Å². The van der Waals surface area contributed by atoms with Crippen LogP contribution in [0.4, 0.5) is 5.13 Å². The van der Waals surface area contributed by atoms with Gasteiger partial charge in [-0.3, -0.25) is 10.1 Å². The fourth-order valence-corrected chi connectivity index (χ4v) is 2.69. The first-order valence-electron chi connectivity index (χ1n) is 5.08. The molecule has 0 saturated carbocycles. The zero-order valence-electron chi connectivity index (χ0n) is 9.75. The zero-order valence-corrected chi connectivity index (χ0v) is 12.2. The van der Waals surface area contributed by atoms with Crippen LogP contribution in [0.2, 0.25) is 0 Å². The van der Waals surface area contributed by atoms with Gasteiger partial charge in [0.15, 0.2) is 5.17 Å². The SMILES string of the molecule is CCCSc1nsc(NC(=O)CSC(N)=NN)n1. The van der Waals surface area contributed by atoms with Crippen LogP contribution in [0.15, 0.2) is 10.3 Å². The number of anilines is 1. The van der Waals surface area contributed by atoms with Crippen molar-refractivity contribution < 1.29 is 4.79 Å². The Hall–Kier alpha value is -1.00. The predicted octanol–water partition coefficient (Wildman–Crippen LogP) is 0.900. The van der Waals surface area contributed by atoms with Gasteiger partial charge in [0.1, 0.15) is 0 Å². The van der Waals surface area contributed by atoms with Crippen LogP contribution in [0.3, 0.4) is 0 Å². The number of thioether (sulfide) groups is 2. The third-order valence-electron chi connectivity index (χ3n) is 1.57. The van der Waals surface area contributed by atoms with Crippen LogP contribution >= 0.6 is 35.1 Å². The minimum atomic E-state index is -0.213. The molecule has 1 aromatic heterocycles. The molecule has 0 saturated heterocycles. The van der Waals surface area contributed by atoms with E-state index in [1.54, 1.807) is 11.8 Å². The van der Waals surface area contributed by atoms with E-state index in [0.29, 0.717) is 10.3 Å². The molecule has 0 unspecified atom stereocenters. The average molecular weight is 306 g/mol. The summed E-state index contributed by atoms with van der Waals surface area (Å²) in [6, 6.07) is 0. The number of carbonyl (C=O) groups excluding carboxylic acids is 1. The lowest BCUT2D eigenvalue weighted by Gasteiger charge is -1.99. The number of hydrogen-bond donors (Lipinski definition) is 3. The van der Waals surface area contributed by atoms with E-state index in [9.17, 15) is 4.79 Å². The highest BCUT2D eigenvalue weighted by Crippen LogP contribution is 2.20. The highest BCUT2D eigenvalue weighted by atomic mass is 32.2. The summed E-state index contributed by atoms with van der Waals surface area (Å²) in [5, 5.41) is 7.24. The molecule has 1 rings (SSSR count). The first kappa shape index (κ1) is 15.1. The van der Waals surface area contributed by atoms with Gasteiger partial charge in [-0.1, -0.05) is 30.4 Å². The molecule has 0 aliphatic carbocycles. The zero-order chi connectivity index (χ0) is 13.4. The van der Waals surface area contributed by atoms with E-state index in [4.69, 9.17) is 11.6 Å². The molecular formula is C8H14N6OS3. The molecule has 7 nitrogen and oxygen atoms in total. The first-order valence-corrected chi connectivity index (χ1v) is 7.82. The maximum Gasteiger partial charge on any atom is 0.236 e. The van der Waals surface area contributed by atoms with E-state index < -0.39 is 0 Å². The minimum absolute atomic E-state index is 0.142. The largest absolute Gasteiger partial charge is 0.377 e. The number of nitrogens with one attached hydrogen (secondary N) is 1. The van der Waals surface area contributed by atoms with Crippen molar-refractivity contribution in [2.24, 2.45) is 16.7 Å². The molecule has 0 radical (unpaired) electrons. The average Bonchev–Trinajstić information content (AvgIpc) is 2.81. The van der Waals surface area contributed by atoms with Crippen LogP contribution < -0.4 is 16.9 Å². The lowest BCUT2D eigenvalue weighted by atomic mass is 10.6. The molecule has 1 heterocycles. The van der Waals surface area contributed by atoms with Gasteiger partial charge >= 0.3 is 0 Å². The second-order valence-corrected chi connectivity index (χ2v) is 5.84. The maximum absolute atomic E-state index is 11.5. The van der Waals surface area contributed by atoms with Crippen LogP contribution in [0.25, 0.3) is 0 Å². The van der Waals surface area contributed by atoms with Gasteiger partial charge in [0.25, 0.3) is 0 Å². The predicted molar refractivity (Wildman–Crippen MR) is 77.8 cm³/mol. The topological polar surface area (TPSA) is 119 Å². The summed E-state index contributed by atoms with van der Waals surface area (Å²) >= 11 is 3.79. The Labute approximate surface area is 117 Å². The molecule has 100 valence electrons. The van der Waals surface area contributed by atoms with Crippen LogP contribution in [-0.4, -0.2) is 31.9 Å². The summed E-state index contributed by atoms with van der Waals surface area (Å²) < 4.78 is 4.12. The molecule has 0 spiro atoms. The van der Waals surface area contributed by atoms with Crippen LogP contribution in [0.5, 0.6) is 0 Å². The molecule has 18 heavy (non-hydrogen) atoms. The smallest absolute Gasteiger partial charge is 0.236 e. The highest BCUT2D eigenvalue weighted by molar-refractivity contribution is 8.14. The van der Waals surface area contributed by atoms with Crippen LogP contribution in [0, 0.1) is 0 Å². The summed E-state index contributed by atoms with van der Waals surface area (Å²) in [4.78, 5) is 15.7. The van der Waals surface area contributed by atoms with Gasteiger partial charge in [-0.15, -0.1) is 0 Å². The molecule has 1 aromatic rings. The summed E-state index contributed by atoms with van der Waals surface area (Å²) in [6.45, 7) is 2.09. The monoisotopic (exact) mass is 306 g/mol. The van der Waals surface area contributed by atoms with Crippen LogP contribution in [-0.2, 0) is 4.79 Å². The van der Waals surface area contributed by atoms with Crippen LogP contribution in [0.1, 0.15) is 13.3 Å². The van der Waals surface area contributed by atoms with Crippen molar-refractivity contribution >= 4 is 51.3 Å². The van der Waals surface area contributed by atoms with Crippen molar-refractivity contribution in [2.75, 3.05) is 16.8 Å². The fraction of sp³-hybridized carbons (Fsp3) is 0.500. The number of nitrogens with two attached hydrogens (primary N) is 2. The molecule has 0 aromatic carbocycles. The number of hydrazone groups is 1. The van der Waals surface area contributed by atoms with Gasteiger partial charge < -0.3 is 11.6 Å². The first-order chi connectivity index (χ1) is 8.65. The molecule has 10 heteroatoms. The van der Waals surface area contributed by atoms with Gasteiger partial charge in [-0.05, 0) is 6.42 Å². The molecule has 0 aliphatic heterocycles. The van der Waals surface area contributed by atoms with Gasteiger partial charge in [-0.2, -0.15) is 14.5 Å². The van der Waals surface area contributed by atoms with E-state index in [2.05, 4.69) is 26.7 Å². The summed E-state index contributed by atoms with van der Waals surface area (Å²) in [6.07, 6.45) is 1.06. The Morgan fingerprint density at radius 3 is 3.06 bits per heavy atom. The normalized spacial score (nSPS) is 11.5. The molecular weight excluding hydrogens is 292 g/mol. The lowest BCUT2D eigenvalue weighted by molar-refractivity contribution is -0.113. The van der Waals surface area contributed by atoms with Gasteiger partial charge in [-0.25, -0.2) is 0 Å². The van der Waals surface area contributed by atoms with Crippen molar-refractivity contribution in [3.8, 4) is 0 Å². The molecule has 0 atom stereocenters. The molecule has 0 aliphatic rings. The highest BCUT2D eigenvalue weighted by Gasteiger charge is 2.09. The standard InChI is InChI=1S/C8H14N6OS3/c1-2-3-16-8-12-7(18-14-8)11-5(15)4-17-6(9)13-10/h2-4,10H2,1H3,(H2,9,13)(H,11,12,14,15). The van der Waals surface area contributed by atoms with E-state index >= 15 is 0 Å². The summed E-state index contributed by atoms with van der Waals surface area (Å²) in [5.41, 5.74) is 5.35. The van der Waals surface area contributed by atoms with Crippen molar-refractivity contribution in [1.82, 2.24) is 9.36 Å². The number of aromatic nitrogens is 2. The summed E-state index contributed by atoms with van der Waals surface area (Å²) in [7, 11) is 0. The number of nitrogens with zero attached hydrogens (tertiary/aromatic N) is 3. The molecule has 0 fully saturated rings. The number of carbonyl (C=O) groups is 1. The number of amides is 1. The number of hydrogen-bond acceptors (Lipinski definition) is 8. The molecule has 5 N–H and O–H groups in total. The van der Waals surface area contributed by atoms with E-state index in [1.807, 2.05) is 0 Å². The van der Waals surface area contributed by atoms with Gasteiger partial charge in [0.2, 0.25) is 16.2 Å². The fourth-order valence-electron chi connectivity index (χ4n) is 0.845. The van der Waals surface area contributed by atoms with Gasteiger partial charge in [0, 0.05) is 17.3 Å². The second kappa shape index (κ2) is 8.16. The Balaban J connectivity index is 2.37. The second-order valence-electron chi connectivity index (χ2n) is 3.03. The van der Waals surface area contributed by atoms with Crippen molar-refractivity contribution in [3.63, 3.8) is 0 Å². The van der Waals surface area contributed by atoms with Crippen molar-refractivity contribution in [3.05, 3.63) is 0 Å². The van der Waals surface area contributed by atoms with E-state index in [0.717, 1.165) is 35.5 Å². The minimum Gasteiger partial charge on any atom is -0.377 e. The van der Waals surface area contributed by atoms with E-state index in [-0.39, 0.29) is 16.8 Å². The third-order valence-corrected chi connectivity index (χ3v) is 4.17. The molecule has 0 bridgehead atoms. The Bertz CT molecular complexity index is 421. The quantitative estimate of drug-likeness (QED) is 0.235. The lowest BCUT2D eigenvalue weighted by Crippen LogP contribution is -2.18. The maximum atomic E-state index is 11.5. The van der Waals surface area contributed by atoms with Crippen molar-refractivity contribution in [2.45, 2.75) is 18.5 Å². The molecule has 1 amide bonds. The Morgan fingerprint density at radius 1 is 1.61 bits per heavy atom. The van der Waals surface area contributed by atoms with Gasteiger partial charge in [0.05, 0.1) is 5.75 Å².